The van der Waals surface area contributed by atoms with Gasteiger partial charge in [0.25, 0.3) is 0 Å². The Morgan fingerprint density at radius 1 is 1.31 bits per heavy atom. The zero-order valence-corrected chi connectivity index (χ0v) is 8.72. The first kappa shape index (κ1) is 8.80. The summed E-state index contributed by atoms with van der Waals surface area (Å²) in [5.74, 6) is 0.822. The van der Waals surface area contributed by atoms with E-state index in [9.17, 15) is 0 Å². The second-order valence-corrected chi connectivity index (χ2v) is 5.06. The minimum Gasteiger partial charge on any atom is -0.0579 e. The smallest absolute Gasteiger partial charge is 0.0132 e. The second kappa shape index (κ2) is 2.87. The molecule has 1 radical (unpaired) electrons. The summed E-state index contributed by atoms with van der Waals surface area (Å²) >= 11 is 0. The van der Waals surface area contributed by atoms with Crippen LogP contribution in [-0.2, 0) is 5.41 Å². The molecule has 1 saturated carbocycles. The minimum absolute atomic E-state index is 0.277. The maximum atomic E-state index is 3.34. The van der Waals surface area contributed by atoms with Crippen LogP contribution in [0.2, 0.25) is 0 Å². The van der Waals surface area contributed by atoms with Gasteiger partial charge in [-0.25, -0.2) is 0 Å². The van der Waals surface area contributed by atoms with Gasteiger partial charge in [0.05, 0.1) is 0 Å². The van der Waals surface area contributed by atoms with Crippen LogP contribution in [0, 0.1) is 6.07 Å². The standard InChI is InChI=1S/C13H17/c1-13(2,3)12-6-4-5-11(9-12)10-7-8-10/h4,6,9-10H,7-8H2,1-3H3. The molecule has 1 aromatic rings. The summed E-state index contributed by atoms with van der Waals surface area (Å²) < 4.78 is 0. The van der Waals surface area contributed by atoms with E-state index < -0.39 is 0 Å². The molecule has 0 heteroatoms. The average molecular weight is 173 g/mol. The first-order chi connectivity index (χ1) is 6.07. The Morgan fingerprint density at radius 2 is 2.00 bits per heavy atom. The maximum Gasteiger partial charge on any atom is -0.0132 e. The second-order valence-electron chi connectivity index (χ2n) is 5.06. The largest absolute Gasteiger partial charge is 0.0579 e. The third-order valence-electron chi connectivity index (χ3n) is 2.71. The van der Waals surface area contributed by atoms with Crippen molar-refractivity contribution in [2.45, 2.75) is 44.9 Å². The summed E-state index contributed by atoms with van der Waals surface area (Å²) in [5, 5.41) is 0. The highest BCUT2D eigenvalue weighted by molar-refractivity contribution is 5.31. The molecule has 0 aromatic heterocycles. The van der Waals surface area contributed by atoms with Crippen LogP contribution in [-0.4, -0.2) is 0 Å². The monoisotopic (exact) mass is 173 g/mol. The first-order valence-electron chi connectivity index (χ1n) is 5.09. The van der Waals surface area contributed by atoms with E-state index in [0.29, 0.717) is 0 Å². The van der Waals surface area contributed by atoms with Crippen molar-refractivity contribution in [3.63, 3.8) is 0 Å². The van der Waals surface area contributed by atoms with Crippen LogP contribution in [0.4, 0.5) is 0 Å². The normalized spacial score (nSPS) is 17.5. The summed E-state index contributed by atoms with van der Waals surface area (Å²) in [5.41, 5.74) is 3.14. The molecule has 69 valence electrons. The van der Waals surface area contributed by atoms with E-state index in [1.165, 1.54) is 24.0 Å². The van der Waals surface area contributed by atoms with Crippen LogP contribution in [0.1, 0.15) is 50.7 Å². The van der Waals surface area contributed by atoms with Crippen molar-refractivity contribution >= 4 is 0 Å². The molecule has 0 saturated heterocycles. The number of hydrogen-bond acceptors (Lipinski definition) is 0. The molecule has 2 rings (SSSR count). The molecule has 0 nitrogen and oxygen atoms in total. The van der Waals surface area contributed by atoms with Gasteiger partial charge in [0.2, 0.25) is 0 Å². The highest BCUT2D eigenvalue weighted by Gasteiger charge is 2.24. The van der Waals surface area contributed by atoms with Gasteiger partial charge in [0.15, 0.2) is 0 Å². The van der Waals surface area contributed by atoms with Crippen LogP contribution in [0.25, 0.3) is 0 Å². The van der Waals surface area contributed by atoms with E-state index >= 15 is 0 Å². The van der Waals surface area contributed by atoms with Crippen LogP contribution in [0.5, 0.6) is 0 Å². The topological polar surface area (TPSA) is 0 Å². The van der Waals surface area contributed by atoms with Crippen molar-refractivity contribution in [3.8, 4) is 0 Å². The summed E-state index contributed by atoms with van der Waals surface area (Å²) in [6, 6.07) is 9.94. The summed E-state index contributed by atoms with van der Waals surface area (Å²) in [6.45, 7) is 6.79. The van der Waals surface area contributed by atoms with E-state index in [4.69, 9.17) is 0 Å². The van der Waals surface area contributed by atoms with E-state index in [1.807, 2.05) is 0 Å². The zero-order chi connectivity index (χ0) is 9.47. The third kappa shape index (κ3) is 1.93. The molecule has 0 heterocycles. The fourth-order valence-electron chi connectivity index (χ4n) is 1.58. The Hall–Kier alpha value is -0.780. The summed E-state index contributed by atoms with van der Waals surface area (Å²) in [7, 11) is 0. The van der Waals surface area contributed by atoms with Gasteiger partial charge in [-0.3, -0.25) is 0 Å². The van der Waals surface area contributed by atoms with Gasteiger partial charge < -0.3 is 0 Å². The van der Waals surface area contributed by atoms with Crippen molar-refractivity contribution < 1.29 is 0 Å². The Balaban J connectivity index is 2.32. The van der Waals surface area contributed by atoms with Gasteiger partial charge in [-0.2, -0.15) is 0 Å². The maximum absolute atomic E-state index is 3.34. The van der Waals surface area contributed by atoms with Crippen molar-refractivity contribution in [1.82, 2.24) is 0 Å². The summed E-state index contributed by atoms with van der Waals surface area (Å²) in [6.07, 6.45) is 2.73. The molecule has 0 atom stereocenters. The SMILES string of the molecule is CC(C)(C)c1cc[c]c(C2CC2)c1. The van der Waals surface area contributed by atoms with E-state index in [1.54, 1.807) is 0 Å². The predicted molar refractivity (Wildman–Crippen MR) is 56.0 cm³/mol. The van der Waals surface area contributed by atoms with Crippen molar-refractivity contribution in [1.29, 1.82) is 0 Å². The average Bonchev–Trinajstić information content (AvgIpc) is 2.85. The van der Waals surface area contributed by atoms with Gasteiger partial charge >= 0.3 is 0 Å². The molecule has 0 amide bonds. The molecule has 1 aliphatic carbocycles. The third-order valence-corrected chi connectivity index (χ3v) is 2.71. The van der Waals surface area contributed by atoms with Crippen molar-refractivity contribution in [2.24, 2.45) is 0 Å². The lowest BCUT2D eigenvalue weighted by Gasteiger charge is -2.19. The van der Waals surface area contributed by atoms with Gasteiger partial charge in [-0.1, -0.05) is 39.0 Å². The Labute approximate surface area is 81.0 Å². The van der Waals surface area contributed by atoms with Crippen molar-refractivity contribution in [2.75, 3.05) is 0 Å². The number of benzene rings is 1. The Morgan fingerprint density at radius 3 is 2.54 bits per heavy atom. The molecule has 13 heavy (non-hydrogen) atoms. The van der Waals surface area contributed by atoms with Gasteiger partial charge in [-0.05, 0) is 41.4 Å². The molecule has 0 N–H and O–H groups in total. The molecule has 1 aromatic carbocycles. The molecule has 0 spiro atoms. The minimum atomic E-state index is 0.277. The van der Waals surface area contributed by atoms with E-state index in [2.05, 4.69) is 45.0 Å². The van der Waals surface area contributed by atoms with Gasteiger partial charge in [-0.15, -0.1) is 0 Å². The molecular weight excluding hydrogens is 156 g/mol. The van der Waals surface area contributed by atoms with Crippen LogP contribution in [0.15, 0.2) is 18.2 Å². The van der Waals surface area contributed by atoms with Crippen LogP contribution in [0.3, 0.4) is 0 Å². The molecule has 0 unspecified atom stereocenters. The lowest BCUT2D eigenvalue weighted by Crippen LogP contribution is -2.11. The Bertz CT molecular complexity index is 300. The molecule has 1 fully saturated rings. The lowest BCUT2D eigenvalue weighted by molar-refractivity contribution is 0.589. The zero-order valence-electron chi connectivity index (χ0n) is 8.72. The number of hydrogen-bond donors (Lipinski definition) is 0. The Kier molecular flexibility index (Phi) is 1.94. The van der Waals surface area contributed by atoms with Crippen LogP contribution < -0.4 is 0 Å². The van der Waals surface area contributed by atoms with Gasteiger partial charge in [0, 0.05) is 0 Å². The van der Waals surface area contributed by atoms with Crippen LogP contribution >= 0.6 is 0 Å². The van der Waals surface area contributed by atoms with Gasteiger partial charge in [0.1, 0.15) is 0 Å². The van der Waals surface area contributed by atoms with E-state index in [-0.39, 0.29) is 5.41 Å². The van der Waals surface area contributed by atoms with Crippen molar-refractivity contribution in [3.05, 3.63) is 35.4 Å². The molecule has 0 aliphatic heterocycles. The number of rotatable bonds is 1. The quantitative estimate of drug-likeness (QED) is 0.608. The highest BCUT2D eigenvalue weighted by atomic mass is 14.3. The molecule has 1 aliphatic rings. The predicted octanol–water partition coefficient (Wildman–Crippen LogP) is 3.66. The molecule has 0 bridgehead atoms. The van der Waals surface area contributed by atoms with E-state index in [0.717, 1.165) is 5.92 Å². The highest BCUT2D eigenvalue weighted by Crippen LogP contribution is 2.40. The first-order valence-corrected chi connectivity index (χ1v) is 5.09. The lowest BCUT2D eigenvalue weighted by atomic mass is 9.86. The molecular formula is C13H17. The summed E-state index contributed by atoms with van der Waals surface area (Å²) in [4.78, 5) is 0. The fraction of sp³-hybridized carbons (Fsp3) is 0.538. The fourth-order valence-corrected chi connectivity index (χ4v) is 1.58.